The molecule has 2 N–H and O–H groups in total. The minimum atomic E-state index is 0.531. The number of anilines is 2. The maximum atomic E-state index is 5.69. The van der Waals surface area contributed by atoms with Crippen LogP contribution in [-0.2, 0) is 0 Å². The first-order valence-electron chi connectivity index (χ1n) is 6.21. The molecule has 2 heterocycles. The van der Waals surface area contributed by atoms with Crippen molar-refractivity contribution in [3.8, 4) is 0 Å². The molecule has 3 rings (SSSR count). The fraction of sp³-hybridized carbons (Fsp3) is 0.286. The van der Waals surface area contributed by atoms with Crippen LogP contribution in [0.1, 0.15) is 17.9 Å². The monoisotopic (exact) mass is 240 g/mol. The molecular weight excluding hydrogens is 224 g/mol. The molecule has 1 aromatic carbocycles. The molecule has 0 saturated carbocycles. The van der Waals surface area contributed by atoms with Gasteiger partial charge in [-0.25, -0.2) is 4.98 Å². The Bertz CT molecular complexity index is 526. The largest absolute Gasteiger partial charge is 0.384 e. The number of nitrogen functional groups attached to an aromatic ring is 1. The summed E-state index contributed by atoms with van der Waals surface area (Å²) in [5.41, 5.74) is 7.09. The topological polar surface area (TPSA) is 55.0 Å². The predicted octanol–water partition coefficient (Wildman–Crippen LogP) is 2.05. The van der Waals surface area contributed by atoms with Crippen LogP contribution in [0.2, 0.25) is 0 Å². The van der Waals surface area contributed by atoms with Gasteiger partial charge < -0.3 is 10.6 Å². The Morgan fingerprint density at radius 3 is 2.78 bits per heavy atom. The van der Waals surface area contributed by atoms with Crippen LogP contribution in [0, 0.1) is 0 Å². The highest BCUT2D eigenvalue weighted by Gasteiger charge is 2.25. The average Bonchev–Trinajstić information content (AvgIpc) is 2.89. The zero-order chi connectivity index (χ0) is 12.4. The third-order valence-electron chi connectivity index (χ3n) is 3.41. The predicted molar refractivity (Wildman–Crippen MR) is 72.5 cm³/mol. The summed E-state index contributed by atoms with van der Waals surface area (Å²) in [6, 6.07) is 12.3. The lowest BCUT2D eigenvalue weighted by molar-refractivity contribution is 0.773. The highest BCUT2D eigenvalue weighted by molar-refractivity contribution is 5.40. The third-order valence-corrected chi connectivity index (χ3v) is 3.41. The highest BCUT2D eigenvalue weighted by atomic mass is 15.3. The molecule has 1 fully saturated rings. The van der Waals surface area contributed by atoms with Crippen LogP contribution in [0.15, 0.2) is 42.6 Å². The van der Waals surface area contributed by atoms with Gasteiger partial charge in [-0.2, -0.15) is 4.98 Å². The number of hydrogen-bond acceptors (Lipinski definition) is 4. The van der Waals surface area contributed by atoms with E-state index in [1.165, 1.54) is 5.56 Å². The number of rotatable bonds is 2. The second-order valence-corrected chi connectivity index (χ2v) is 4.62. The van der Waals surface area contributed by atoms with E-state index in [0.717, 1.165) is 25.5 Å². The van der Waals surface area contributed by atoms with E-state index in [-0.39, 0.29) is 0 Å². The molecule has 0 bridgehead atoms. The van der Waals surface area contributed by atoms with Crippen molar-refractivity contribution in [2.45, 2.75) is 12.3 Å². The van der Waals surface area contributed by atoms with Crippen molar-refractivity contribution in [1.29, 1.82) is 0 Å². The summed E-state index contributed by atoms with van der Waals surface area (Å²) in [4.78, 5) is 10.8. The molecule has 0 spiro atoms. The van der Waals surface area contributed by atoms with Crippen LogP contribution in [-0.4, -0.2) is 23.1 Å². The summed E-state index contributed by atoms with van der Waals surface area (Å²) in [6.07, 6.45) is 2.86. The standard InChI is InChI=1S/C14H16N4/c15-13-6-8-16-14(17-13)18-9-7-12(10-18)11-4-2-1-3-5-11/h1-6,8,12H,7,9-10H2,(H2,15,16,17). The quantitative estimate of drug-likeness (QED) is 0.873. The number of nitrogens with zero attached hydrogens (tertiary/aromatic N) is 3. The van der Waals surface area contributed by atoms with E-state index in [9.17, 15) is 0 Å². The summed E-state index contributed by atoms with van der Waals surface area (Å²) in [5.74, 6) is 1.84. The first-order valence-corrected chi connectivity index (χ1v) is 6.21. The van der Waals surface area contributed by atoms with Crippen LogP contribution < -0.4 is 10.6 Å². The van der Waals surface area contributed by atoms with E-state index >= 15 is 0 Å². The molecule has 1 saturated heterocycles. The molecule has 4 nitrogen and oxygen atoms in total. The van der Waals surface area contributed by atoms with Crippen LogP contribution in [0.4, 0.5) is 11.8 Å². The smallest absolute Gasteiger partial charge is 0.227 e. The van der Waals surface area contributed by atoms with E-state index in [0.29, 0.717) is 11.7 Å². The van der Waals surface area contributed by atoms with Gasteiger partial charge in [-0.05, 0) is 18.1 Å². The molecule has 1 aliphatic heterocycles. The summed E-state index contributed by atoms with van der Waals surface area (Å²) in [6.45, 7) is 1.95. The third kappa shape index (κ3) is 2.14. The number of aromatic nitrogens is 2. The molecule has 0 radical (unpaired) electrons. The van der Waals surface area contributed by atoms with Crippen LogP contribution in [0.5, 0.6) is 0 Å². The molecular formula is C14H16N4. The lowest BCUT2D eigenvalue weighted by Crippen LogP contribution is -2.21. The first kappa shape index (κ1) is 11.0. The van der Waals surface area contributed by atoms with Gasteiger partial charge in [-0.3, -0.25) is 0 Å². The number of benzene rings is 1. The van der Waals surface area contributed by atoms with Crippen molar-refractivity contribution >= 4 is 11.8 Å². The Morgan fingerprint density at radius 1 is 1.17 bits per heavy atom. The SMILES string of the molecule is Nc1ccnc(N2CCC(c3ccccc3)C2)n1. The zero-order valence-corrected chi connectivity index (χ0v) is 10.2. The fourth-order valence-electron chi connectivity index (χ4n) is 2.45. The highest BCUT2D eigenvalue weighted by Crippen LogP contribution is 2.28. The van der Waals surface area contributed by atoms with E-state index in [2.05, 4.69) is 45.2 Å². The van der Waals surface area contributed by atoms with Gasteiger partial charge in [0, 0.05) is 25.2 Å². The van der Waals surface area contributed by atoms with Crippen molar-refractivity contribution in [3.63, 3.8) is 0 Å². The molecule has 0 aliphatic carbocycles. The van der Waals surface area contributed by atoms with Crippen molar-refractivity contribution in [3.05, 3.63) is 48.2 Å². The maximum Gasteiger partial charge on any atom is 0.227 e. The van der Waals surface area contributed by atoms with Gasteiger partial charge in [0.25, 0.3) is 0 Å². The zero-order valence-electron chi connectivity index (χ0n) is 10.2. The minimum absolute atomic E-state index is 0.531. The molecule has 1 aliphatic rings. The Balaban J connectivity index is 1.76. The first-order chi connectivity index (χ1) is 8.83. The van der Waals surface area contributed by atoms with E-state index in [1.807, 2.05) is 0 Å². The molecule has 1 atom stereocenters. The van der Waals surface area contributed by atoms with Gasteiger partial charge in [-0.1, -0.05) is 30.3 Å². The lowest BCUT2D eigenvalue weighted by Gasteiger charge is -2.16. The van der Waals surface area contributed by atoms with Gasteiger partial charge in [0.15, 0.2) is 0 Å². The van der Waals surface area contributed by atoms with Gasteiger partial charge in [0.2, 0.25) is 5.95 Å². The average molecular weight is 240 g/mol. The molecule has 92 valence electrons. The van der Waals surface area contributed by atoms with Crippen LogP contribution in [0.25, 0.3) is 0 Å². The van der Waals surface area contributed by atoms with Crippen LogP contribution in [0.3, 0.4) is 0 Å². The lowest BCUT2D eigenvalue weighted by atomic mass is 9.99. The van der Waals surface area contributed by atoms with Crippen molar-refractivity contribution < 1.29 is 0 Å². The van der Waals surface area contributed by atoms with Crippen molar-refractivity contribution in [1.82, 2.24) is 9.97 Å². The Morgan fingerprint density at radius 2 is 2.00 bits per heavy atom. The summed E-state index contributed by atoms with van der Waals surface area (Å²) < 4.78 is 0. The minimum Gasteiger partial charge on any atom is -0.384 e. The van der Waals surface area contributed by atoms with Gasteiger partial charge in [0.1, 0.15) is 5.82 Å². The van der Waals surface area contributed by atoms with Crippen LogP contribution >= 0.6 is 0 Å². The van der Waals surface area contributed by atoms with Gasteiger partial charge in [0.05, 0.1) is 0 Å². The van der Waals surface area contributed by atoms with E-state index in [4.69, 9.17) is 5.73 Å². The Kier molecular flexibility index (Phi) is 2.84. The molecule has 18 heavy (non-hydrogen) atoms. The fourth-order valence-corrected chi connectivity index (χ4v) is 2.45. The molecule has 4 heteroatoms. The Labute approximate surface area is 106 Å². The summed E-state index contributed by atoms with van der Waals surface area (Å²) in [7, 11) is 0. The van der Waals surface area contributed by atoms with E-state index < -0.39 is 0 Å². The molecule has 2 aromatic rings. The molecule has 0 amide bonds. The molecule has 1 unspecified atom stereocenters. The summed E-state index contributed by atoms with van der Waals surface area (Å²) >= 11 is 0. The summed E-state index contributed by atoms with van der Waals surface area (Å²) in [5, 5.41) is 0. The molecule has 1 aromatic heterocycles. The number of hydrogen-bond donors (Lipinski definition) is 1. The Hall–Kier alpha value is -2.10. The van der Waals surface area contributed by atoms with E-state index in [1.54, 1.807) is 12.3 Å². The second-order valence-electron chi connectivity index (χ2n) is 4.62. The maximum absolute atomic E-state index is 5.69. The second kappa shape index (κ2) is 4.64. The number of nitrogens with two attached hydrogens (primary N) is 1. The normalized spacial score (nSPS) is 19.1. The van der Waals surface area contributed by atoms with Gasteiger partial charge >= 0.3 is 0 Å². The van der Waals surface area contributed by atoms with Gasteiger partial charge in [-0.15, -0.1) is 0 Å². The van der Waals surface area contributed by atoms with Crippen molar-refractivity contribution in [2.24, 2.45) is 0 Å². The van der Waals surface area contributed by atoms with Crippen molar-refractivity contribution in [2.75, 3.05) is 23.7 Å².